The molecule has 4 nitrogen and oxygen atoms in total. The van der Waals surface area contributed by atoms with Crippen LogP contribution >= 0.6 is 11.8 Å². The molecule has 0 spiro atoms. The number of ether oxygens (including phenoxy) is 1. The van der Waals surface area contributed by atoms with Crippen LogP contribution in [0.2, 0.25) is 0 Å². The molecule has 2 heterocycles. The molecule has 0 amide bonds. The van der Waals surface area contributed by atoms with Crippen LogP contribution in [0.4, 0.5) is 0 Å². The van der Waals surface area contributed by atoms with Crippen molar-refractivity contribution < 1.29 is 9.53 Å². The van der Waals surface area contributed by atoms with Crippen LogP contribution in [-0.4, -0.2) is 35.4 Å². The van der Waals surface area contributed by atoms with Crippen molar-refractivity contribution in [1.29, 1.82) is 0 Å². The van der Waals surface area contributed by atoms with Crippen LogP contribution in [0.1, 0.15) is 43.0 Å². The zero-order chi connectivity index (χ0) is 17.8. The highest BCUT2D eigenvalue weighted by Crippen LogP contribution is 2.31. The van der Waals surface area contributed by atoms with E-state index in [9.17, 15) is 4.79 Å². The van der Waals surface area contributed by atoms with Crippen molar-refractivity contribution in [3.63, 3.8) is 0 Å². The maximum Gasteiger partial charge on any atom is 0.163 e. The fraction of sp³-hybridized carbons (Fsp3) is 0.500. The summed E-state index contributed by atoms with van der Waals surface area (Å²) in [6, 6.07) is 7.50. The molecule has 1 aliphatic rings. The Morgan fingerprint density at radius 1 is 1.36 bits per heavy atom. The minimum Gasteiger partial charge on any atom is -0.497 e. The minimum atomic E-state index is 0.195. The number of halogens is 1. The molecular weight excluding hydrogens is 336 g/mol. The summed E-state index contributed by atoms with van der Waals surface area (Å²) in [6.07, 6.45) is 5.40. The highest BCUT2D eigenvalue weighted by atomic mass is 35.5. The average molecular weight is 361 g/mol. The first-order valence-electron chi connectivity index (χ1n) is 8.99. The minimum absolute atomic E-state index is 0.195. The van der Waals surface area contributed by atoms with E-state index >= 15 is 0 Å². The van der Waals surface area contributed by atoms with Crippen molar-refractivity contribution in [3.8, 4) is 5.75 Å². The van der Waals surface area contributed by atoms with Crippen LogP contribution < -0.4 is 4.74 Å². The van der Waals surface area contributed by atoms with Crippen LogP contribution in [0, 0.1) is 11.8 Å². The molecule has 1 saturated heterocycles. The predicted molar refractivity (Wildman–Crippen MR) is 101 cm³/mol. The smallest absolute Gasteiger partial charge is 0.163 e. The number of hydrogen-bond acceptors (Lipinski definition) is 4. The standard InChI is InChI=1S/C20H25ClN2O2/c1-3-14-13-23(21)11-9-15(14)4-7-20(24)18-8-10-22-19-12-16(25-2)5-6-17(18)19/h5-6,8,10,12,14-15H,3-4,7,9,11,13H2,1-2H3/t14-,15?/m0/s1. The Bertz CT molecular complexity index is 750. The summed E-state index contributed by atoms with van der Waals surface area (Å²) in [6.45, 7) is 4.04. The number of ketones is 1. The highest BCUT2D eigenvalue weighted by molar-refractivity contribution is 6.13. The molecule has 3 rings (SSSR count). The number of Topliss-reactive ketones (excluding diaryl/α,β-unsaturated/α-hetero) is 1. The molecule has 1 aliphatic heterocycles. The normalized spacial score (nSPS) is 21.4. The maximum absolute atomic E-state index is 12.8. The molecule has 1 fully saturated rings. The number of carbonyl (C=O) groups is 1. The molecule has 5 heteroatoms. The van der Waals surface area contributed by atoms with E-state index in [1.54, 1.807) is 13.3 Å². The maximum atomic E-state index is 12.8. The molecule has 0 saturated carbocycles. The first kappa shape index (κ1) is 18.2. The second-order valence-corrected chi connectivity index (χ2v) is 7.27. The van der Waals surface area contributed by atoms with Gasteiger partial charge in [0.2, 0.25) is 0 Å². The van der Waals surface area contributed by atoms with Crippen LogP contribution in [-0.2, 0) is 0 Å². The third kappa shape index (κ3) is 4.13. The van der Waals surface area contributed by atoms with Crippen molar-refractivity contribution in [1.82, 2.24) is 9.40 Å². The number of carbonyl (C=O) groups excluding carboxylic acids is 1. The van der Waals surface area contributed by atoms with Gasteiger partial charge in [-0.1, -0.05) is 13.3 Å². The van der Waals surface area contributed by atoms with Crippen molar-refractivity contribution in [2.24, 2.45) is 11.8 Å². The van der Waals surface area contributed by atoms with Gasteiger partial charge in [-0.3, -0.25) is 9.78 Å². The number of benzene rings is 1. The number of fused-ring (bicyclic) bond motifs is 1. The van der Waals surface area contributed by atoms with Crippen LogP contribution in [0.25, 0.3) is 10.9 Å². The van der Waals surface area contributed by atoms with E-state index < -0.39 is 0 Å². The summed E-state index contributed by atoms with van der Waals surface area (Å²) >= 11 is 6.15. The number of hydrogen-bond donors (Lipinski definition) is 0. The molecule has 0 aliphatic carbocycles. The van der Waals surface area contributed by atoms with E-state index in [4.69, 9.17) is 16.5 Å². The van der Waals surface area contributed by atoms with Crippen LogP contribution in [0.5, 0.6) is 5.75 Å². The van der Waals surface area contributed by atoms with Gasteiger partial charge >= 0.3 is 0 Å². The van der Waals surface area contributed by atoms with Gasteiger partial charge in [-0.2, -0.15) is 0 Å². The molecule has 0 N–H and O–H groups in total. The van der Waals surface area contributed by atoms with Gasteiger partial charge in [-0.15, -0.1) is 0 Å². The predicted octanol–water partition coefficient (Wildman–Crippen LogP) is 4.71. The lowest BCUT2D eigenvalue weighted by Crippen LogP contribution is -2.35. The van der Waals surface area contributed by atoms with Gasteiger partial charge in [0, 0.05) is 42.7 Å². The second kappa shape index (κ2) is 8.15. The molecule has 134 valence electrons. The fourth-order valence-electron chi connectivity index (χ4n) is 3.83. The van der Waals surface area contributed by atoms with E-state index in [1.165, 1.54) is 0 Å². The third-order valence-corrected chi connectivity index (χ3v) is 5.67. The zero-order valence-corrected chi connectivity index (χ0v) is 15.6. The lowest BCUT2D eigenvalue weighted by molar-refractivity contribution is 0.0954. The lowest BCUT2D eigenvalue weighted by atomic mass is 9.81. The quantitative estimate of drug-likeness (QED) is 0.552. The number of rotatable bonds is 6. The highest BCUT2D eigenvalue weighted by Gasteiger charge is 2.27. The molecule has 1 aromatic carbocycles. The van der Waals surface area contributed by atoms with Gasteiger partial charge < -0.3 is 4.74 Å². The fourth-order valence-corrected chi connectivity index (χ4v) is 4.10. The van der Waals surface area contributed by atoms with Gasteiger partial charge in [0.1, 0.15) is 5.75 Å². The third-order valence-electron chi connectivity index (χ3n) is 5.36. The molecule has 25 heavy (non-hydrogen) atoms. The summed E-state index contributed by atoms with van der Waals surface area (Å²) in [5.74, 6) is 2.11. The number of piperidine rings is 1. The summed E-state index contributed by atoms with van der Waals surface area (Å²) in [5, 5.41) is 0.899. The largest absolute Gasteiger partial charge is 0.497 e. The summed E-state index contributed by atoms with van der Waals surface area (Å²) in [4.78, 5) is 17.2. The van der Waals surface area contributed by atoms with Gasteiger partial charge in [0.05, 0.1) is 12.6 Å². The number of pyridine rings is 1. The molecule has 2 atom stereocenters. The Morgan fingerprint density at radius 2 is 2.20 bits per heavy atom. The summed E-state index contributed by atoms with van der Waals surface area (Å²) < 4.78 is 7.13. The topological polar surface area (TPSA) is 42.4 Å². The summed E-state index contributed by atoms with van der Waals surface area (Å²) in [7, 11) is 1.63. The van der Waals surface area contributed by atoms with E-state index in [-0.39, 0.29) is 5.78 Å². The second-order valence-electron chi connectivity index (χ2n) is 6.79. The first-order valence-corrected chi connectivity index (χ1v) is 9.32. The average Bonchev–Trinajstić information content (AvgIpc) is 2.65. The van der Waals surface area contributed by atoms with E-state index in [1.807, 2.05) is 28.7 Å². The number of aromatic nitrogens is 1. The monoisotopic (exact) mass is 360 g/mol. The number of nitrogens with zero attached hydrogens (tertiary/aromatic N) is 2. The van der Waals surface area contributed by atoms with E-state index in [0.29, 0.717) is 18.3 Å². The molecule has 0 radical (unpaired) electrons. The van der Waals surface area contributed by atoms with Crippen LogP contribution in [0.3, 0.4) is 0 Å². The van der Waals surface area contributed by atoms with E-state index in [0.717, 1.165) is 54.6 Å². The van der Waals surface area contributed by atoms with Gasteiger partial charge in [0.25, 0.3) is 0 Å². The molecule has 1 aromatic heterocycles. The molecule has 1 unspecified atom stereocenters. The Labute approximate surface area is 154 Å². The van der Waals surface area contributed by atoms with Crippen molar-refractivity contribution in [2.45, 2.75) is 32.6 Å². The molecule has 0 bridgehead atoms. The zero-order valence-electron chi connectivity index (χ0n) is 14.9. The van der Waals surface area contributed by atoms with Gasteiger partial charge in [-0.25, -0.2) is 4.42 Å². The Hall–Kier alpha value is -1.65. The van der Waals surface area contributed by atoms with Crippen molar-refractivity contribution in [3.05, 3.63) is 36.0 Å². The lowest BCUT2D eigenvalue weighted by Gasteiger charge is -2.34. The van der Waals surface area contributed by atoms with Gasteiger partial charge in [-0.05, 0) is 54.7 Å². The van der Waals surface area contributed by atoms with E-state index in [2.05, 4.69) is 11.9 Å². The number of methoxy groups -OCH3 is 1. The van der Waals surface area contributed by atoms with Crippen molar-refractivity contribution >= 4 is 28.5 Å². The summed E-state index contributed by atoms with van der Waals surface area (Å²) in [5.41, 5.74) is 1.56. The Balaban J connectivity index is 1.72. The molecular formula is C20H25ClN2O2. The molecule has 2 aromatic rings. The first-order chi connectivity index (χ1) is 12.1. The Kier molecular flexibility index (Phi) is 5.92. The SMILES string of the molecule is CC[C@H]1CN(Cl)CCC1CCC(=O)c1ccnc2cc(OC)ccc12. The van der Waals surface area contributed by atoms with Crippen LogP contribution in [0.15, 0.2) is 30.5 Å². The van der Waals surface area contributed by atoms with Crippen molar-refractivity contribution in [2.75, 3.05) is 20.2 Å². The Morgan fingerprint density at radius 3 is 2.96 bits per heavy atom. The van der Waals surface area contributed by atoms with Gasteiger partial charge in [0.15, 0.2) is 5.78 Å².